The van der Waals surface area contributed by atoms with Gasteiger partial charge in [0.25, 0.3) is 0 Å². The summed E-state index contributed by atoms with van der Waals surface area (Å²) in [6, 6.07) is 4.89. The van der Waals surface area contributed by atoms with Crippen molar-refractivity contribution in [1.82, 2.24) is 5.32 Å². The summed E-state index contributed by atoms with van der Waals surface area (Å²) in [5.41, 5.74) is 0.374. The fourth-order valence-electron chi connectivity index (χ4n) is 1.88. The van der Waals surface area contributed by atoms with E-state index in [4.69, 9.17) is 0 Å². The molecule has 1 aromatic rings. The van der Waals surface area contributed by atoms with E-state index in [9.17, 15) is 14.3 Å². The van der Waals surface area contributed by atoms with Gasteiger partial charge >= 0.3 is 0 Å². The molecule has 1 aromatic carbocycles. The molecule has 3 nitrogen and oxygen atoms in total. The Morgan fingerprint density at radius 3 is 2.88 bits per heavy atom. The first kappa shape index (κ1) is 11.5. The highest BCUT2D eigenvalue weighted by Crippen LogP contribution is 2.30. The first-order valence-corrected chi connectivity index (χ1v) is 5.81. The number of carbonyl (C=O) groups excluding carboxylic acids is 1. The maximum Gasteiger partial charge on any atom is 0.229 e. The van der Waals surface area contributed by atoms with E-state index in [1.165, 1.54) is 0 Å². The van der Waals surface area contributed by atoms with Crippen molar-refractivity contribution in [2.24, 2.45) is 0 Å². The van der Waals surface area contributed by atoms with Crippen molar-refractivity contribution in [1.29, 1.82) is 0 Å². The second-order valence-electron chi connectivity index (χ2n) is 3.80. The Hall–Kier alpha value is -0.940. The van der Waals surface area contributed by atoms with Crippen LogP contribution in [0.3, 0.4) is 0 Å². The van der Waals surface area contributed by atoms with Gasteiger partial charge in [0.15, 0.2) is 0 Å². The van der Waals surface area contributed by atoms with Crippen LogP contribution in [0.25, 0.3) is 0 Å². The molecule has 2 atom stereocenters. The van der Waals surface area contributed by atoms with Gasteiger partial charge in [-0.2, -0.15) is 0 Å². The molecule has 1 aliphatic rings. The molecule has 86 valence electrons. The molecule has 0 spiro atoms. The monoisotopic (exact) mass is 287 g/mol. The number of nitrogens with one attached hydrogen (secondary N) is 1. The van der Waals surface area contributed by atoms with E-state index in [0.717, 1.165) is 0 Å². The summed E-state index contributed by atoms with van der Waals surface area (Å²) in [4.78, 5) is 11.6. The normalized spacial score (nSPS) is 25.3. The number of benzene rings is 1. The van der Waals surface area contributed by atoms with Crippen LogP contribution in [0.5, 0.6) is 0 Å². The molecule has 0 aromatic heterocycles. The van der Waals surface area contributed by atoms with E-state index in [1.807, 2.05) is 0 Å². The Labute approximate surface area is 101 Å². The Kier molecular flexibility index (Phi) is 3.25. The van der Waals surface area contributed by atoms with Gasteiger partial charge in [-0.05, 0) is 34.8 Å². The zero-order valence-electron chi connectivity index (χ0n) is 8.41. The van der Waals surface area contributed by atoms with Gasteiger partial charge < -0.3 is 10.4 Å². The fraction of sp³-hybridized carbons (Fsp3) is 0.364. The quantitative estimate of drug-likeness (QED) is 0.829. The molecular weight excluding hydrogens is 277 g/mol. The third-order valence-corrected chi connectivity index (χ3v) is 3.32. The number of hydrogen-bond donors (Lipinski definition) is 2. The highest BCUT2D eigenvalue weighted by atomic mass is 79.9. The van der Waals surface area contributed by atoms with E-state index >= 15 is 0 Å². The molecule has 16 heavy (non-hydrogen) atoms. The number of rotatable bonds is 1. The Morgan fingerprint density at radius 2 is 2.19 bits per heavy atom. The molecule has 2 rings (SSSR count). The Balaban J connectivity index is 2.30. The van der Waals surface area contributed by atoms with Crippen LogP contribution in [0.1, 0.15) is 24.3 Å². The molecule has 0 aliphatic carbocycles. The first-order valence-electron chi connectivity index (χ1n) is 5.02. The summed E-state index contributed by atoms with van der Waals surface area (Å²) in [7, 11) is 0. The summed E-state index contributed by atoms with van der Waals surface area (Å²) < 4.78 is 14.1. The summed E-state index contributed by atoms with van der Waals surface area (Å²) in [6.07, 6.45) is 0.0990. The van der Waals surface area contributed by atoms with Crippen LogP contribution in [0, 0.1) is 5.82 Å². The lowest BCUT2D eigenvalue weighted by Gasteiger charge is -2.26. The molecule has 1 heterocycles. The van der Waals surface area contributed by atoms with Gasteiger partial charge in [0, 0.05) is 5.56 Å². The van der Waals surface area contributed by atoms with Gasteiger partial charge in [-0.15, -0.1) is 0 Å². The second-order valence-corrected chi connectivity index (χ2v) is 4.65. The van der Waals surface area contributed by atoms with Gasteiger partial charge in [-0.1, -0.05) is 12.1 Å². The molecule has 0 bridgehead atoms. The largest absolute Gasteiger partial charge is 0.374 e. The van der Waals surface area contributed by atoms with Crippen LogP contribution in [0.15, 0.2) is 22.7 Å². The van der Waals surface area contributed by atoms with Gasteiger partial charge in [0.2, 0.25) is 5.91 Å². The molecule has 2 unspecified atom stereocenters. The Morgan fingerprint density at radius 1 is 1.44 bits per heavy atom. The number of amides is 1. The molecule has 0 radical (unpaired) electrons. The van der Waals surface area contributed by atoms with Crippen LogP contribution in [0.2, 0.25) is 0 Å². The number of aliphatic hydroxyl groups excluding tert-OH is 1. The third-order valence-electron chi connectivity index (χ3n) is 2.71. The minimum atomic E-state index is -0.807. The van der Waals surface area contributed by atoms with E-state index in [2.05, 4.69) is 21.2 Å². The minimum absolute atomic E-state index is 0.323. The number of hydrogen-bond acceptors (Lipinski definition) is 2. The molecule has 5 heteroatoms. The van der Waals surface area contributed by atoms with Gasteiger partial charge in [-0.3, -0.25) is 4.79 Å². The molecular formula is C11H11BrFNO2. The predicted molar refractivity (Wildman–Crippen MR) is 60.2 cm³/mol. The third kappa shape index (κ3) is 2.10. The van der Waals surface area contributed by atoms with Crippen molar-refractivity contribution in [3.63, 3.8) is 0 Å². The summed E-state index contributed by atoms with van der Waals surface area (Å²) in [6.45, 7) is 0. The highest BCUT2D eigenvalue weighted by molar-refractivity contribution is 9.10. The van der Waals surface area contributed by atoms with Crippen molar-refractivity contribution < 1.29 is 14.3 Å². The first-order chi connectivity index (χ1) is 7.59. The minimum Gasteiger partial charge on any atom is -0.374 e. The molecule has 1 fully saturated rings. The zero-order valence-corrected chi connectivity index (χ0v) is 10.00. The zero-order chi connectivity index (χ0) is 11.7. The SMILES string of the molecule is O=C1NC(O)CCC1c1cccc(Br)c1F. The van der Waals surface area contributed by atoms with Crippen molar-refractivity contribution in [3.05, 3.63) is 34.1 Å². The van der Waals surface area contributed by atoms with Gasteiger partial charge in [0.05, 0.1) is 10.4 Å². The summed E-state index contributed by atoms with van der Waals surface area (Å²) in [5.74, 6) is -1.24. The summed E-state index contributed by atoms with van der Waals surface area (Å²) >= 11 is 3.09. The lowest BCUT2D eigenvalue weighted by atomic mass is 9.90. The van der Waals surface area contributed by atoms with E-state index in [-0.39, 0.29) is 5.91 Å². The van der Waals surface area contributed by atoms with Crippen LogP contribution in [0.4, 0.5) is 4.39 Å². The average Bonchev–Trinajstić information content (AvgIpc) is 2.23. The Bertz CT molecular complexity index is 424. The summed E-state index contributed by atoms with van der Waals surface area (Å²) in [5, 5.41) is 11.6. The average molecular weight is 288 g/mol. The maximum atomic E-state index is 13.8. The van der Waals surface area contributed by atoms with Crippen molar-refractivity contribution in [2.75, 3.05) is 0 Å². The fourth-order valence-corrected chi connectivity index (χ4v) is 2.26. The predicted octanol–water partition coefficient (Wildman–Crippen LogP) is 1.90. The van der Waals surface area contributed by atoms with Gasteiger partial charge in [-0.25, -0.2) is 4.39 Å². The number of aliphatic hydroxyl groups is 1. The van der Waals surface area contributed by atoms with Crippen LogP contribution in [-0.2, 0) is 4.79 Å². The van der Waals surface area contributed by atoms with Crippen molar-refractivity contribution >= 4 is 21.8 Å². The van der Waals surface area contributed by atoms with E-state index < -0.39 is 18.0 Å². The lowest BCUT2D eigenvalue weighted by Crippen LogP contribution is -2.43. The lowest BCUT2D eigenvalue weighted by molar-refractivity contribution is -0.128. The van der Waals surface area contributed by atoms with Gasteiger partial charge in [0.1, 0.15) is 12.0 Å². The van der Waals surface area contributed by atoms with Crippen molar-refractivity contribution in [2.45, 2.75) is 25.0 Å². The molecule has 1 aliphatic heterocycles. The van der Waals surface area contributed by atoms with Crippen LogP contribution < -0.4 is 5.32 Å². The number of piperidine rings is 1. The standard InChI is InChI=1S/C11H11BrFNO2/c12-8-3-1-2-6(10(8)13)7-4-5-9(15)14-11(7)16/h1-3,7,9,15H,4-5H2,(H,14,16). The van der Waals surface area contributed by atoms with E-state index in [1.54, 1.807) is 18.2 Å². The number of carbonyl (C=O) groups is 1. The maximum absolute atomic E-state index is 13.8. The number of halogens is 2. The second kappa shape index (κ2) is 4.51. The van der Waals surface area contributed by atoms with Crippen LogP contribution >= 0.6 is 15.9 Å². The van der Waals surface area contributed by atoms with E-state index in [0.29, 0.717) is 22.9 Å². The molecule has 1 amide bonds. The molecule has 0 saturated carbocycles. The molecule has 1 saturated heterocycles. The highest BCUT2D eigenvalue weighted by Gasteiger charge is 2.30. The molecule has 2 N–H and O–H groups in total. The topological polar surface area (TPSA) is 49.3 Å². The smallest absolute Gasteiger partial charge is 0.229 e. The van der Waals surface area contributed by atoms with Crippen LogP contribution in [-0.4, -0.2) is 17.2 Å². The van der Waals surface area contributed by atoms with Crippen molar-refractivity contribution in [3.8, 4) is 0 Å².